The van der Waals surface area contributed by atoms with Crippen molar-refractivity contribution in [2.24, 2.45) is 0 Å². The van der Waals surface area contributed by atoms with Crippen molar-refractivity contribution < 1.29 is 22.3 Å². The first-order valence-corrected chi connectivity index (χ1v) is 6.98. The number of nitrogens with one attached hydrogen (secondary N) is 1. The highest BCUT2D eigenvalue weighted by atomic mass is 32.2. The summed E-state index contributed by atoms with van der Waals surface area (Å²) in [6.07, 6.45) is 1.83. The fourth-order valence-corrected chi connectivity index (χ4v) is 2.97. The molecule has 1 aromatic carbocycles. The molecule has 1 saturated carbocycles. The number of aliphatic hydroxyl groups is 1. The minimum Gasteiger partial charge on any atom is -0.389 e. The molecule has 7 heteroatoms. The van der Waals surface area contributed by atoms with E-state index in [1.165, 1.54) is 0 Å². The minimum atomic E-state index is -4.15. The second-order valence-corrected chi connectivity index (χ2v) is 6.19. The first-order chi connectivity index (χ1) is 8.34. The predicted molar refractivity (Wildman–Crippen MR) is 60.3 cm³/mol. The van der Waals surface area contributed by atoms with E-state index >= 15 is 0 Å². The maximum atomic E-state index is 13.4. The Bertz CT molecular complexity index is 555. The molecular formula is C11H13F2NO3S. The molecule has 1 aliphatic rings. The molecular weight excluding hydrogens is 264 g/mol. The molecule has 0 aliphatic heterocycles. The van der Waals surface area contributed by atoms with Crippen LogP contribution in [0.1, 0.15) is 19.3 Å². The Kier molecular flexibility index (Phi) is 3.39. The molecule has 0 radical (unpaired) electrons. The van der Waals surface area contributed by atoms with Crippen LogP contribution in [0.25, 0.3) is 0 Å². The summed E-state index contributed by atoms with van der Waals surface area (Å²) in [4.78, 5) is -0.745. The molecule has 4 nitrogen and oxygen atoms in total. The monoisotopic (exact) mass is 277 g/mol. The molecule has 0 aromatic heterocycles. The SMILES string of the molecule is O=S(=O)(NCC1(O)CCC1)c1cccc(F)c1F. The normalized spacial score (nSPS) is 18.4. The van der Waals surface area contributed by atoms with E-state index in [-0.39, 0.29) is 6.54 Å². The van der Waals surface area contributed by atoms with E-state index in [0.717, 1.165) is 24.6 Å². The lowest BCUT2D eigenvalue weighted by Crippen LogP contribution is -2.47. The Labute approximate surface area is 104 Å². The van der Waals surface area contributed by atoms with E-state index in [0.29, 0.717) is 12.8 Å². The van der Waals surface area contributed by atoms with Gasteiger partial charge in [-0.25, -0.2) is 21.9 Å². The van der Waals surface area contributed by atoms with Crippen molar-refractivity contribution in [3.63, 3.8) is 0 Å². The number of benzene rings is 1. The fourth-order valence-electron chi connectivity index (χ4n) is 1.76. The van der Waals surface area contributed by atoms with Crippen LogP contribution in [0.3, 0.4) is 0 Å². The van der Waals surface area contributed by atoms with Crippen LogP contribution in [0.5, 0.6) is 0 Å². The summed E-state index contributed by atoms with van der Waals surface area (Å²) in [6, 6.07) is 2.93. The maximum absolute atomic E-state index is 13.4. The van der Waals surface area contributed by atoms with Gasteiger partial charge in [0.25, 0.3) is 0 Å². The van der Waals surface area contributed by atoms with Gasteiger partial charge in [-0.05, 0) is 31.4 Å². The van der Waals surface area contributed by atoms with Gasteiger partial charge in [-0.3, -0.25) is 0 Å². The molecule has 0 saturated heterocycles. The molecule has 1 fully saturated rings. The van der Waals surface area contributed by atoms with Crippen molar-refractivity contribution in [3.05, 3.63) is 29.8 Å². The molecule has 0 atom stereocenters. The van der Waals surface area contributed by atoms with Crippen LogP contribution in [-0.4, -0.2) is 25.7 Å². The highest BCUT2D eigenvalue weighted by Crippen LogP contribution is 2.31. The van der Waals surface area contributed by atoms with Crippen LogP contribution >= 0.6 is 0 Å². The highest BCUT2D eigenvalue weighted by molar-refractivity contribution is 7.89. The summed E-state index contributed by atoms with van der Waals surface area (Å²) in [6.45, 7) is -0.189. The van der Waals surface area contributed by atoms with Crippen LogP contribution < -0.4 is 4.72 Å². The van der Waals surface area contributed by atoms with Crippen molar-refractivity contribution in [3.8, 4) is 0 Å². The van der Waals surface area contributed by atoms with Crippen LogP contribution in [-0.2, 0) is 10.0 Å². The summed E-state index contributed by atoms with van der Waals surface area (Å²) in [5.41, 5.74) is -1.06. The van der Waals surface area contributed by atoms with E-state index in [1.807, 2.05) is 0 Å². The standard InChI is InChI=1S/C11H13F2NO3S/c12-8-3-1-4-9(10(8)13)18(16,17)14-7-11(15)5-2-6-11/h1,3-4,14-15H,2,5-7H2. The van der Waals surface area contributed by atoms with Gasteiger partial charge in [0.15, 0.2) is 11.6 Å². The second-order valence-electron chi connectivity index (χ2n) is 4.45. The van der Waals surface area contributed by atoms with Gasteiger partial charge in [-0.1, -0.05) is 6.07 Å². The molecule has 1 aliphatic carbocycles. The van der Waals surface area contributed by atoms with Crippen molar-refractivity contribution in [2.75, 3.05) is 6.54 Å². The van der Waals surface area contributed by atoms with E-state index in [4.69, 9.17) is 0 Å². The molecule has 0 amide bonds. The smallest absolute Gasteiger partial charge is 0.243 e. The van der Waals surface area contributed by atoms with Gasteiger partial charge in [0.1, 0.15) is 4.90 Å². The van der Waals surface area contributed by atoms with Gasteiger partial charge >= 0.3 is 0 Å². The number of rotatable bonds is 4. The van der Waals surface area contributed by atoms with Crippen LogP contribution in [0.2, 0.25) is 0 Å². The quantitative estimate of drug-likeness (QED) is 0.868. The molecule has 0 unspecified atom stereocenters. The third-order valence-corrected chi connectivity index (χ3v) is 4.50. The number of sulfonamides is 1. The average molecular weight is 277 g/mol. The molecule has 0 bridgehead atoms. The first-order valence-electron chi connectivity index (χ1n) is 5.50. The minimum absolute atomic E-state index is 0.189. The molecule has 100 valence electrons. The molecule has 1 aromatic rings. The van der Waals surface area contributed by atoms with E-state index < -0.39 is 32.2 Å². The lowest BCUT2D eigenvalue weighted by Gasteiger charge is -2.36. The highest BCUT2D eigenvalue weighted by Gasteiger charge is 2.36. The third kappa shape index (κ3) is 2.52. The Morgan fingerprint density at radius 2 is 2.00 bits per heavy atom. The third-order valence-electron chi connectivity index (χ3n) is 3.08. The zero-order chi connectivity index (χ0) is 13.4. The number of hydrogen-bond acceptors (Lipinski definition) is 3. The second kappa shape index (κ2) is 4.56. The topological polar surface area (TPSA) is 66.4 Å². The van der Waals surface area contributed by atoms with Crippen LogP contribution in [0, 0.1) is 11.6 Å². The zero-order valence-electron chi connectivity index (χ0n) is 9.49. The first kappa shape index (κ1) is 13.4. The zero-order valence-corrected chi connectivity index (χ0v) is 10.3. The van der Waals surface area contributed by atoms with Crippen molar-refractivity contribution >= 4 is 10.0 Å². The molecule has 2 N–H and O–H groups in total. The van der Waals surface area contributed by atoms with Gasteiger partial charge in [-0.15, -0.1) is 0 Å². The number of hydrogen-bond donors (Lipinski definition) is 2. The Morgan fingerprint density at radius 1 is 1.33 bits per heavy atom. The Hall–Kier alpha value is -1.05. The summed E-state index contributed by atoms with van der Waals surface area (Å²) >= 11 is 0. The van der Waals surface area contributed by atoms with Crippen molar-refractivity contribution in [1.82, 2.24) is 4.72 Å². The summed E-state index contributed by atoms with van der Waals surface area (Å²) < 4.78 is 51.9. The lowest BCUT2D eigenvalue weighted by atomic mass is 9.81. The van der Waals surface area contributed by atoms with Crippen LogP contribution in [0.15, 0.2) is 23.1 Å². The maximum Gasteiger partial charge on any atom is 0.243 e. The average Bonchev–Trinajstić information content (AvgIpc) is 2.27. The molecule has 2 rings (SSSR count). The largest absolute Gasteiger partial charge is 0.389 e. The van der Waals surface area contributed by atoms with Crippen molar-refractivity contribution in [1.29, 1.82) is 0 Å². The summed E-state index contributed by atoms with van der Waals surface area (Å²) in [5.74, 6) is -2.63. The lowest BCUT2D eigenvalue weighted by molar-refractivity contribution is -0.0271. The fraction of sp³-hybridized carbons (Fsp3) is 0.455. The Morgan fingerprint density at radius 3 is 2.56 bits per heavy atom. The Balaban J connectivity index is 2.18. The van der Waals surface area contributed by atoms with E-state index in [9.17, 15) is 22.3 Å². The van der Waals surface area contributed by atoms with Gasteiger partial charge in [-0.2, -0.15) is 0 Å². The van der Waals surface area contributed by atoms with E-state index in [1.54, 1.807) is 0 Å². The molecule has 0 heterocycles. The van der Waals surface area contributed by atoms with Gasteiger partial charge < -0.3 is 5.11 Å². The van der Waals surface area contributed by atoms with Crippen molar-refractivity contribution in [2.45, 2.75) is 29.8 Å². The van der Waals surface area contributed by atoms with Gasteiger partial charge in [0.2, 0.25) is 10.0 Å². The van der Waals surface area contributed by atoms with Gasteiger partial charge in [0.05, 0.1) is 5.60 Å². The summed E-state index contributed by atoms with van der Waals surface area (Å²) in [5, 5.41) is 9.75. The predicted octanol–water partition coefficient (Wildman–Crippen LogP) is 1.16. The van der Waals surface area contributed by atoms with E-state index in [2.05, 4.69) is 4.72 Å². The molecule has 18 heavy (non-hydrogen) atoms. The summed E-state index contributed by atoms with van der Waals surface area (Å²) in [7, 11) is -4.15. The number of halogens is 2. The molecule has 0 spiro atoms. The van der Waals surface area contributed by atoms with Gasteiger partial charge in [0, 0.05) is 6.54 Å². The van der Waals surface area contributed by atoms with Crippen LogP contribution in [0.4, 0.5) is 8.78 Å².